The maximum absolute atomic E-state index is 12.2. The number of aryl methyl sites for hydroxylation is 3. The lowest BCUT2D eigenvalue weighted by Gasteiger charge is -2.16. The molecule has 2 N–H and O–H groups in total. The normalized spacial score (nSPS) is 12.0. The maximum Gasteiger partial charge on any atom is 0.319 e. The predicted octanol–water partition coefficient (Wildman–Crippen LogP) is 4.34. The zero-order chi connectivity index (χ0) is 15.4. The van der Waals surface area contributed by atoms with Gasteiger partial charge in [-0.05, 0) is 50.5 Å². The number of benzene rings is 1. The average Bonchev–Trinajstić information content (AvgIpc) is 2.87. The molecule has 112 valence electrons. The number of anilines is 1. The summed E-state index contributed by atoms with van der Waals surface area (Å²) in [6.07, 6.45) is 0.879. The van der Waals surface area contributed by atoms with Crippen molar-refractivity contribution < 1.29 is 9.21 Å². The van der Waals surface area contributed by atoms with Gasteiger partial charge in [-0.25, -0.2) is 4.79 Å². The third-order valence-electron chi connectivity index (χ3n) is 3.51. The number of furan rings is 1. The summed E-state index contributed by atoms with van der Waals surface area (Å²) in [5, 5.41) is 5.84. The summed E-state index contributed by atoms with van der Waals surface area (Å²) in [6.45, 7) is 7.85. The molecule has 0 spiro atoms. The standard InChI is InChI=1S/C17H22N2O2/c1-5-14-8-6-7-11(2)16(14)19-17(20)18-13(4)15-10-9-12(3)21-15/h6-10,13H,5H2,1-4H3,(H2,18,19,20)/t13-/m1/s1. The number of carbonyl (C=O) groups is 1. The Morgan fingerprint density at radius 1 is 1.24 bits per heavy atom. The molecule has 0 aliphatic rings. The molecule has 4 heteroatoms. The fraction of sp³-hybridized carbons (Fsp3) is 0.353. The van der Waals surface area contributed by atoms with Gasteiger partial charge in [-0.1, -0.05) is 25.1 Å². The zero-order valence-electron chi connectivity index (χ0n) is 13.0. The van der Waals surface area contributed by atoms with E-state index in [2.05, 4.69) is 17.6 Å². The Hall–Kier alpha value is -2.23. The topological polar surface area (TPSA) is 54.3 Å². The van der Waals surface area contributed by atoms with E-state index in [0.29, 0.717) is 0 Å². The molecular weight excluding hydrogens is 264 g/mol. The molecule has 1 heterocycles. The minimum atomic E-state index is -0.222. The second-order valence-electron chi connectivity index (χ2n) is 5.23. The summed E-state index contributed by atoms with van der Waals surface area (Å²) in [4.78, 5) is 12.2. The number of nitrogens with one attached hydrogen (secondary N) is 2. The molecule has 0 saturated carbocycles. The van der Waals surface area contributed by atoms with Gasteiger partial charge in [0, 0.05) is 5.69 Å². The van der Waals surface area contributed by atoms with Gasteiger partial charge in [0.05, 0.1) is 6.04 Å². The molecule has 0 saturated heterocycles. The van der Waals surface area contributed by atoms with E-state index in [1.54, 1.807) is 0 Å². The summed E-state index contributed by atoms with van der Waals surface area (Å²) >= 11 is 0. The molecule has 2 aromatic rings. The molecule has 2 amide bonds. The fourth-order valence-corrected chi connectivity index (χ4v) is 2.31. The van der Waals surface area contributed by atoms with Crippen molar-refractivity contribution in [2.75, 3.05) is 5.32 Å². The van der Waals surface area contributed by atoms with Crippen LogP contribution in [0.1, 0.15) is 42.5 Å². The van der Waals surface area contributed by atoms with Crippen molar-refractivity contribution in [1.29, 1.82) is 0 Å². The van der Waals surface area contributed by atoms with Gasteiger partial charge in [-0.15, -0.1) is 0 Å². The highest BCUT2D eigenvalue weighted by molar-refractivity contribution is 5.91. The van der Waals surface area contributed by atoms with E-state index >= 15 is 0 Å². The van der Waals surface area contributed by atoms with Crippen LogP contribution in [0.25, 0.3) is 0 Å². The Bertz CT molecular complexity index is 631. The molecule has 0 aliphatic carbocycles. The third kappa shape index (κ3) is 3.66. The second kappa shape index (κ2) is 6.48. The van der Waals surface area contributed by atoms with E-state index in [1.807, 2.05) is 51.1 Å². The number of urea groups is 1. The quantitative estimate of drug-likeness (QED) is 0.878. The van der Waals surface area contributed by atoms with Crippen LogP contribution in [0.2, 0.25) is 0 Å². The SMILES string of the molecule is CCc1cccc(C)c1NC(=O)N[C@H](C)c1ccc(C)o1. The molecule has 1 atom stereocenters. The summed E-state index contributed by atoms with van der Waals surface area (Å²) in [5.41, 5.74) is 3.08. The molecule has 2 rings (SSSR count). The molecule has 1 aromatic carbocycles. The number of hydrogen-bond acceptors (Lipinski definition) is 2. The highest BCUT2D eigenvalue weighted by atomic mass is 16.3. The minimum absolute atomic E-state index is 0.173. The van der Waals surface area contributed by atoms with Crippen molar-refractivity contribution in [2.24, 2.45) is 0 Å². The van der Waals surface area contributed by atoms with E-state index in [0.717, 1.165) is 34.8 Å². The van der Waals surface area contributed by atoms with Crippen molar-refractivity contribution in [3.63, 3.8) is 0 Å². The Kier molecular flexibility index (Phi) is 4.68. The van der Waals surface area contributed by atoms with Crippen LogP contribution in [0.5, 0.6) is 0 Å². The first-order valence-electron chi connectivity index (χ1n) is 7.23. The highest BCUT2D eigenvalue weighted by Gasteiger charge is 2.14. The number of para-hydroxylation sites is 1. The summed E-state index contributed by atoms with van der Waals surface area (Å²) in [6, 6.07) is 9.41. The van der Waals surface area contributed by atoms with Gasteiger partial charge >= 0.3 is 6.03 Å². The monoisotopic (exact) mass is 286 g/mol. The Labute approximate surface area is 125 Å². The molecule has 0 radical (unpaired) electrons. The molecule has 0 unspecified atom stereocenters. The zero-order valence-corrected chi connectivity index (χ0v) is 13.0. The van der Waals surface area contributed by atoms with Gasteiger partial charge in [0.25, 0.3) is 0 Å². The van der Waals surface area contributed by atoms with Gasteiger partial charge < -0.3 is 15.1 Å². The number of amides is 2. The van der Waals surface area contributed by atoms with Gasteiger partial charge in [-0.3, -0.25) is 0 Å². The molecule has 1 aromatic heterocycles. The summed E-state index contributed by atoms with van der Waals surface area (Å²) in [7, 11) is 0. The van der Waals surface area contributed by atoms with Gasteiger partial charge in [0.15, 0.2) is 0 Å². The lowest BCUT2D eigenvalue weighted by atomic mass is 10.1. The Balaban J connectivity index is 2.05. The smallest absolute Gasteiger partial charge is 0.319 e. The van der Waals surface area contributed by atoms with Crippen molar-refractivity contribution in [2.45, 2.75) is 40.2 Å². The molecule has 21 heavy (non-hydrogen) atoms. The van der Waals surface area contributed by atoms with Crippen LogP contribution in [-0.4, -0.2) is 6.03 Å². The van der Waals surface area contributed by atoms with Crippen molar-refractivity contribution in [1.82, 2.24) is 5.32 Å². The highest BCUT2D eigenvalue weighted by Crippen LogP contribution is 2.21. The number of carbonyl (C=O) groups excluding carboxylic acids is 1. The van der Waals surface area contributed by atoms with E-state index in [-0.39, 0.29) is 12.1 Å². The molecule has 0 bridgehead atoms. The first-order valence-corrected chi connectivity index (χ1v) is 7.23. The van der Waals surface area contributed by atoms with Gasteiger partial charge in [0.2, 0.25) is 0 Å². The van der Waals surface area contributed by atoms with E-state index in [9.17, 15) is 4.79 Å². The maximum atomic E-state index is 12.2. The van der Waals surface area contributed by atoms with Crippen LogP contribution in [0.3, 0.4) is 0 Å². The van der Waals surface area contributed by atoms with Gasteiger partial charge in [0.1, 0.15) is 11.5 Å². The lowest BCUT2D eigenvalue weighted by molar-refractivity contribution is 0.247. The second-order valence-corrected chi connectivity index (χ2v) is 5.23. The van der Waals surface area contributed by atoms with Crippen molar-refractivity contribution in [3.8, 4) is 0 Å². The van der Waals surface area contributed by atoms with Crippen LogP contribution in [0.15, 0.2) is 34.7 Å². The molecule has 4 nitrogen and oxygen atoms in total. The Morgan fingerprint density at radius 2 is 2.00 bits per heavy atom. The van der Waals surface area contributed by atoms with Crippen LogP contribution < -0.4 is 10.6 Å². The molecular formula is C17H22N2O2. The van der Waals surface area contributed by atoms with E-state index < -0.39 is 0 Å². The summed E-state index contributed by atoms with van der Waals surface area (Å²) < 4.78 is 5.52. The Morgan fingerprint density at radius 3 is 2.62 bits per heavy atom. The van der Waals surface area contributed by atoms with Gasteiger partial charge in [-0.2, -0.15) is 0 Å². The van der Waals surface area contributed by atoms with Crippen LogP contribution in [-0.2, 0) is 6.42 Å². The minimum Gasteiger partial charge on any atom is -0.464 e. The largest absolute Gasteiger partial charge is 0.464 e. The third-order valence-corrected chi connectivity index (χ3v) is 3.51. The first-order chi connectivity index (χ1) is 10.0. The molecule has 0 fully saturated rings. The summed E-state index contributed by atoms with van der Waals surface area (Å²) in [5.74, 6) is 1.59. The number of rotatable bonds is 4. The van der Waals surface area contributed by atoms with Crippen LogP contribution >= 0.6 is 0 Å². The van der Waals surface area contributed by atoms with E-state index in [4.69, 9.17) is 4.42 Å². The number of hydrogen-bond donors (Lipinski definition) is 2. The lowest BCUT2D eigenvalue weighted by Crippen LogP contribution is -2.31. The van der Waals surface area contributed by atoms with Crippen molar-refractivity contribution in [3.05, 3.63) is 53.0 Å². The fourth-order valence-electron chi connectivity index (χ4n) is 2.31. The first kappa shape index (κ1) is 15.2. The van der Waals surface area contributed by atoms with Crippen molar-refractivity contribution >= 4 is 11.7 Å². The van der Waals surface area contributed by atoms with Crippen LogP contribution in [0.4, 0.5) is 10.5 Å². The van der Waals surface area contributed by atoms with Crippen LogP contribution in [0, 0.1) is 13.8 Å². The average molecular weight is 286 g/mol. The van der Waals surface area contributed by atoms with E-state index in [1.165, 1.54) is 0 Å². The molecule has 0 aliphatic heterocycles. The predicted molar refractivity (Wildman–Crippen MR) is 84.6 cm³/mol.